The summed E-state index contributed by atoms with van der Waals surface area (Å²) in [4.78, 5) is 15.0. The number of anilines is 4. The van der Waals surface area contributed by atoms with Gasteiger partial charge in [-0.15, -0.1) is 0 Å². The number of halogens is 1. The molecule has 0 bridgehead atoms. The van der Waals surface area contributed by atoms with Gasteiger partial charge in [0.15, 0.2) is 0 Å². The third-order valence-electron chi connectivity index (χ3n) is 5.13. The summed E-state index contributed by atoms with van der Waals surface area (Å²) in [7, 11) is 1.89. The molecule has 2 aromatic heterocycles. The molecule has 0 aliphatic carbocycles. The van der Waals surface area contributed by atoms with Gasteiger partial charge in [-0.05, 0) is 42.0 Å². The molecule has 0 amide bonds. The Morgan fingerprint density at radius 3 is 2.69 bits per heavy atom. The molecule has 0 saturated carbocycles. The number of benzene rings is 3. The number of rotatable bonds is 6. The molecule has 2 heterocycles. The number of hydrogen-bond donors (Lipinski definition) is 1. The van der Waals surface area contributed by atoms with E-state index in [9.17, 15) is 0 Å². The average Bonchev–Trinajstić information content (AvgIpc) is 3.21. The van der Waals surface area contributed by atoms with Crippen LogP contribution < -0.4 is 10.2 Å². The highest BCUT2D eigenvalue weighted by molar-refractivity contribution is 6.30. The largest absolute Gasteiger partial charge is 0.324 e. The summed E-state index contributed by atoms with van der Waals surface area (Å²) in [6.07, 6.45) is 3.36. The SMILES string of the molecule is CN(c1cccc(Cl)c1)c1ncnc(Nc2ccc3c(cnn3Cc3ccccc3)c2)n1. The van der Waals surface area contributed by atoms with Crippen LogP contribution in [0.3, 0.4) is 0 Å². The fourth-order valence-electron chi connectivity index (χ4n) is 3.49. The predicted molar refractivity (Wildman–Crippen MR) is 128 cm³/mol. The van der Waals surface area contributed by atoms with Crippen LogP contribution in [0.15, 0.2) is 85.3 Å². The minimum Gasteiger partial charge on any atom is -0.324 e. The number of nitrogens with one attached hydrogen (secondary N) is 1. The Kier molecular flexibility index (Phi) is 5.39. The normalized spacial score (nSPS) is 10.9. The zero-order valence-electron chi connectivity index (χ0n) is 17.4. The van der Waals surface area contributed by atoms with Gasteiger partial charge in [-0.1, -0.05) is 48.0 Å². The highest BCUT2D eigenvalue weighted by Gasteiger charge is 2.10. The van der Waals surface area contributed by atoms with Crippen LogP contribution in [0.1, 0.15) is 5.56 Å². The van der Waals surface area contributed by atoms with Crippen molar-refractivity contribution in [3.63, 3.8) is 0 Å². The molecule has 0 fully saturated rings. The monoisotopic (exact) mass is 441 g/mol. The van der Waals surface area contributed by atoms with E-state index in [2.05, 4.69) is 37.5 Å². The maximum Gasteiger partial charge on any atom is 0.234 e. The van der Waals surface area contributed by atoms with E-state index < -0.39 is 0 Å². The summed E-state index contributed by atoms with van der Waals surface area (Å²) < 4.78 is 2.00. The van der Waals surface area contributed by atoms with Crippen molar-refractivity contribution in [2.45, 2.75) is 6.54 Å². The third-order valence-corrected chi connectivity index (χ3v) is 5.36. The molecule has 32 heavy (non-hydrogen) atoms. The topological polar surface area (TPSA) is 71.8 Å². The lowest BCUT2D eigenvalue weighted by Gasteiger charge is -2.17. The van der Waals surface area contributed by atoms with E-state index in [-0.39, 0.29) is 0 Å². The van der Waals surface area contributed by atoms with E-state index in [1.165, 1.54) is 11.9 Å². The Morgan fingerprint density at radius 1 is 0.969 bits per heavy atom. The zero-order chi connectivity index (χ0) is 21.9. The fourth-order valence-corrected chi connectivity index (χ4v) is 3.67. The molecule has 158 valence electrons. The summed E-state index contributed by atoms with van der Waals surface area (Å²) in [6.45, 7) is 0.726. The maximum atomic E-state index is 6.11. The Balaban J connectivity index is 1.36. The molecular formula is C24H20ClN7. The van der Waals surface area contributed by atoms with E-state index in [1.54, 1.807) is 0 Å². The first-order valence-corrected chi connectivity index (χ1v) is 10.5. The van der Waals surface area contributed by atoms with Crippen molar-refractivity contribution in [1.29, 1.82) is 0 Å². The first-order valence-electron chi connectivity index (χ1n) is 10.1. The molecule has 7 nitrogen and oxygen atoms in total. The van der Waals surface area contributed by atoms with Crippen LogP contribution >= 0.6 is 11.6 Å². The summed E-state index contributed by atoms with van der Waals surface area (Å²) in [6, 6.07) is 23.9. The number of fused-ring (bicyclic) bond motifs is 1. The van der Waals surface area contributed by atoms with Gasteiger partial charge in [-0.25, -0.2) is 9.97 Å². The van der Waals surface area contributed by atoms with Gasteiger partial charge in [0.1, 0.15) is 6.33 Å². The van der Waals surface area contributed by atoms with Gasteiger partial charge >= 0.3 is 0 Å². The average molecular weight is 442 g/mol. The van der Waals surface area contributed by atoms with Crippen molar-refractivity contribution in [3.8, 4) is 0 Å². The minimum atomic E-state index is 0.458. The summed E-state index contributed by atoms with van der Waals surface area (Å²) in [5.41, 5.74) is 4.04. The summed E-state index contributed by atoms with van der Waals surface area (Å²) >= 11 is 6.11. The standard InChI is InChI=1S/C24H20ClN7/c1-31(21-9-5-8-19(25)13-21)24-27-16-26-23(30-24)29-20-10-11-22-18(12-20)14-28-32(22)15-17-6-3-2-4-7-17/h2-14,16H,15H2,1H3,(H,26,27,29,30). The van der Waals surface area contributed by atoms with Gasteiger partial charge in [-0.2, -0.15) is 10.1 Å². The molecule has 0 unspecified atom stereocenters. The predicted octanol–water partition coefficient (Wildman–Crippen LogP) is 5.43. The Labute approximate surface area is 190 Å². The lowest BCUT2D eigenvalue weighted by atomic mass is 10.2. The molecule has 0 saturated heterocycles. The van der Waals surface area contributed by atoms with Crippen molar-refractivity contribution in [2.24, 2.45) is 0 Å². The molecule has 1 N–H and O–H groups in total. The molecule has 0 atom stereocenters. The van der Waals surface area contributed by atoms with E-state index in [0.29, 0.717) is 16.9 Å². The molecule has 8 heteroatoms. The highest BCUT2D eigenvalue weighted by atomic mass is 35.5. The van der Waals surface area contributed by atoms with Crippen molar-refractivity contribution < 1.29 is 0 Å². The van der Waals surface area contributed by atoms with Gasteiger partial charge in [0, 0.05) is 28.8 Å². The van der Waals surface area contributed by atoms with Crippen molar-refractivity contribution in [1.82, 2.24) is 24.7 Å². The molecular weight excluding hydrogens is 422 g/mol. The van der Waals surface area contributed by atoms with Crippen LogP contribution in [0.5, 0.6) is 0 Å². The number of aromatic nitrogens is 5. The molecule has 0 aliphatic heterocycles. The first kappa shape index (κ1) is 20.0. The number of hydrogen-bond acceptors (Lipinski definition) is 6. The molecule has 0 aliphatic rings. The Hall–Kier alpha value is -3.97. The van der Waals surface area contributed by atoms with E-state index >= 15 is 0 Å². The lowest BCUT2D eigenvalue weighted by molar-refractivity contribution is 0.712. The van der Waals surface area contributed by atoms with Gasteiger partial charge in [0.05, 0.1) is 18.3 Å². The minimum absolute atomic E-state index is 0.458. The van der Waals surface area contributed by atoms with Gasteiger partial charge in [0.25, 0.3) is 0 Å². The second-order valence-corrected chi connectivity index (χ2v) is 7.77. The fraction of sp³-hybridized carbons (Fsp3) is 0.0833. The highest BCUT2D eigenvalue weighted by Crippen LogP contribution is 2.25. The van der Waals surface area contributed by atoms with Crippen LogP contribution in [-0.2, 0) is 6.54 Å². The molecule has 3 aromatic carbocycles. The van der Waals surface area contributed by atoms with Crippen LogP contribution in [0.4, 0.5) is 23.3 Å². The first-order chi connectivity index (χ1) is 15.7. The molecule has 0 spiro atoms. The van der Waals surface area contributed by atoms with Crippen molar-refractivity contribution in [2.75, 3.05) is 17.3 Å². The quantitative estimate of drug-likeness (QED) is 0.378. The van der Waals surface area contributed by atoms with Crippen molar-refractivity contribution in [3.05, 3.63) is 95.9 Å². The number of nitrogens with zero attached hydrogens (tertiary/aromatic N) is 6. The smallest absolute Gasteiger partial charge is 0.234 e. The second-order valence-electron chi connectivity index (χ2n) is 7.33. The second kappa shape index (κ2) is 8.64. The van der Waals surface area contributed by atoms with Crippen LogP contribution in [0.25, 0.3) is 10.9 Å². The molecule has 0 radical (unpaired) electrons. The van der Waals surface area contributed by atoms with Crippen LogP contribution in [-0.4, -0.2) is 31.8 Å². The van der Waals surface area contributed by atoms with E-state index in [0.717, 1.165) is 28.8 Å². The molecule has 5 rings (SSSR count). The van der Waals surface area contributed by atoms with E-state index in [4.69, 9.17) is 11.6 Å². The van der Waals surface area contributed by atoms with Crippen LogP contribution in [0.2, 0.25) is 5.02 Å². The van der Waals surface area contributed by atoms with Gasteiger partial charge in [0.2, 0.25) is 11.9 Å². The van der Waals surface area contributed by atoms with E-state index in [1.807, 2.05) is 83.5 Å². The summed E-state index contributed by atoms with van der Waals surface area (Å²) in [5.74, 6) is 0.974. The summed E-state index contributed by atoms with van der Waals surface area (Å²) in [5, 5.41) is 9.50. The van der Waals surface area contributed by atoms with Crippen molar-refractivity contribution >= 4 is 45.8 Å². The zero-order valence-corrected chi connectivity index (χ0v) is 18.1. The maximum absolute atomic E-state index is 6.11. The van der Waals surface area contributed by atoms with Gasteiger partial charge < -0.3 is 10.2 Å². The lowest BCUT2D eigenvalue weighted by Crippen LogP contribution is -2.14. The third kappa shape index (κ3) is 4.24. The van der Waals surface area contributed by atoms with Crippen LogP contribution in [0, 0.1) is 0 Å². The Bertz CT molecular complexity index is 1370. The molecule has 5 aromatic rings. The Morgan fingerprint density at radius 2 is 1.84 bits per heavy atom. The van der Waals surface area contributed by atoms with Gasteiger partial charge in [-0.3, -0.25) is 4.68 Å².